The van der Waals surface area contributed by atoms with Crippen LogP contribution in [-0.4, -0.2) is 22.3 Å². The summed E-state index contributed by atoms with van der Waals surface area (Å²) in [6.07, 6.45) is 39.8. The average Bonchev–Trinajstić information content (AvgIpc) is 2.92. The summed E-state index contributed by atoms with van der Waals surface area (Å²) in [5, 5.41) is 19.6. The van der Waals surface area contributed by atoms with Crippen LogP contribution in [0.25, 0.3) is 0 Å². The van der Waals surface area contributed by atoms with Crippen molar-refractivity contribution in [3.8, 4) is 0 Å². The summed E-state index contributed by atoms with van der Waals surface area (Å²) in [6.45, 7) is 4.50. The van der Waals surface area contributed by atoms with Crippen molar-refractivity contribution in [1.29, 1.82) is 0 Å². The van der Waals surface area contributed by atoms with Crippen molar-refractivity contribution in [2.45, 2.75) is 206 Å². The Morgan fingerprint density at radius 2 is 0.872 bits per heavy atom. The zero-order valence-corrected chi connectivity index (χ0v) is 26.6. The molecule has 0 radical (unpaired) electrons. The number of aliphatic carboxylic acids is 1. The average molecular weight is 551 g/mol. The summed E-state index contributed by atoms with van der Waals surface area (Å²) in [5.74, 6) is -0.734. The van der Waals surface area contributed by atoms with Gasteiger partial charge >= 0.3 is 5.97 Å². The highest BCUT2D eigenvalue weighted by molar-refractivity contribution is 5.69. The lowest BCUT2D eigenvalue weighted by Crippen LogP contribution is -2.13. The van der Waals surface area contributed by atoms with Crippen molar-refractivity contribution in [2.75, 3.05) is 0 Å². The summed E-state index contributed by atoms with van der Waals surface area (Å²) in [7, 11) is 0. The van der Waals surface area contributed by atoms with E-state index in [9.17, 15) is 15.0 Å². The van der Waals surface area contributed by atoms with Crippen molar-refractivity contribution in [3.05, 3.63) is 12.2 Å². The van der Waals surface area contributed by atoms with E-state index in [-0.39, 0.29) is 12.0 Å². The quantitative estimate of drug-likeness (QED) is 0.0646. The summed E-state index contributed by atoms with van der Waals surface area (Å²) in [6, 6.07) is 0. The summed E-state index contributed by atoms with van der Waals surface area (Å²) >= 11 is 0. The Bertz CT molecular complexity index is 515. The standard InChI is InChI=1S/C36H70O3/c1-3-5-7-9-10-11-12-13-14-15-16-17-18-20-23-26-30-34(36(38)39)31-27-24-21-19-22-25-29-33-35(37)32-28-8-6-4-2/h25,29,34-35,37H,3-24,26-28,30-33H2,1-2H3,(H,38,39)/b29-25-/t34?,35-/m1/s1. The number of carboxylic acids is 1. The number of unbranched alkanes of at least 4 members (excludes halogenated alkanes) is 22. The molecular formula is C36H70O3. The van der Waals surface area contributed by atoms with Gasteiger partial charge in [0, 0.05) is 0 Å². The Morgan fingerprint density at radius 1 is 0.513 bits per heavy atom. The first-order valence-electron chi connectivity index (χ1n) is 17.7. The Balaban J connectivity index is 3.50. The van der Waals surface area contributed by atoms with E-state index in [0.29, 0.717) is 0 Å². The van der Waals surface area contributed by atoms with Crippen molar-refractivity contribution in [2.24, 2.45) is 5.92 Å². The fourth-order valence-electron chi connectivity index (χ4n) is 5.63. The monoisotopic (exact) mass is 551 g/mol. The van der Waals surface area contributed by atoms with Crippen LogP contribution in [0.2, 0.25) is 0 Å². The molecule has 2 atom stereocenters. The normalized spacial score (nSPS) is 13.3. The van der Waals surface area contributed by atoms with Gasteiger partial charge in [-0.25, -0.2) is 0 Å². The van der Waals surface area contributed by atoms with Crippen LogP contribution in [0.5, 0.6) is 0 Å². The molecule has 0 bridgehead atoms. The molecule has 0 aromatic rings. The van der Waals surface area contributed by atoms with Crippen molar-refractivity contribution >= 4 is 5.97 Å². The second kappa shape index (κ2) is 31.7. The van der Waals surface area contributed by atoms with E-state index >= 15 is 0 Å². The molecule has 0 aromatic carbocycles. The molecule has 3 heteroatoms. The lowest BCUT2D eigenvalue weighted by molar-refractivity contribution is -0.142. The minimum atomic E-state index is -0.591. The number of hydrogen-bond acceptors (Lipinski definition) is 2. The zero-order chi connectivity index (χ0) is 28.7. The van der Waals surface area contributed by atoms with Crippen molar-refractivity contribution in [1.82, 2.24) is 0 Å². The molecule has 0 heterocycles. The van der Waals surface area contributed by atoms with Gasteiger partial charge in [0.15, 0.2) is 0 Å². The molecule has 0 aliphatic heterocycles. The van der Waals surface area contributed by atoms with Crippen LogP contribution in [0.1, 0.15) is 200 Å². The van der Waals surface area contributed by atoms with Crippen molar-refractivity contribution < 1.29 is 15.0 Å². The number of aliphatic hydroxyl groups excluding tert-OH is 1. The van der Waals surface area contributed by atoms with Crippen LogP contribution in [0.15, 0.2) is 12.2 Å². The minimum Gasteiger partial charge on any atom is -0.481 e. The van der Waals surface area contributed by atoms with Gasteiger partial charge in [0.2, 0.25) is 0 Å². The van der Waals surface area contributed by atoms with Gasteiger partial charge in [0.1, 0.15) is 0 Å². The van der Waals surface area contributed by atoms with E-state index in [4.69, 9.17) is 0 Å². The highest BCUT2D eigenvalue weighted by atomic mass is 16.4. The van der Waals surface area contributed by atoms with Crippen LogP contribution in [0, 0.1) is 5.92 Å². The first kappa shape index (κ1) is 38.2. The first-order valence-corrected chi connectivity index (χ1v) is 17.7. The van der Waals surface area contributed by atoms with Gasteiger partial charge in [-0.1, -0.05) is 174 Å². The highest BCUT2D eigenvalue weighted by Gasteiger charge is 2.16. The third kappa shape index (κ3) is 30.0. The van der Waals surface area contributed by atoms with Gasteiger partial charge in [0.05, 0.1) is 12.0 Å². The molecule has 232 valence electrons. The van der Waals surface area contributed by atoms with Crippen LogP contribution >= 0.6 is 0 Å². The maximum absolute atomic E-state index is 11.7. The molecule has 0 spiro atoms. The molecule has 0 aliphatic rings. The molecule has 1 unspecified atom stereocenters. The summed E-state index contributed by atoms with van der Waals surface area (Å²) in [5.41, 5.74) is 0. The molecule has 0 aromatic heterocycles. The van der Waals surface area contributed by atoms with Crippen molar-refractivity contribution in [3.63, 3.8) is 0 Å². The Hall–Kier alpha value is -0.830. The first-order chi connectivity index (χ1) is 19.1. The number of carbonyl (C=O) groups is 1. The second-order valence-corrected chi connectivity index (χ2v) is 12.3. The second-order valence-electron chi connectivity index (χ2n) is 12.3. The van der Waals surface area contributed by atoms with E-state index in [0.717, 1.165) is 57.8 Å². The van der Waals surface area contributed by atoms with E-state index in [1.54, 1.807) is 0 Å². The highest BCUT2D eigenvalue weighted by Crippen LogP contribution is 2.20. The zero-order valence-electron chi connectivity index (χ0n) is 26.6. The van der Waals surface area contributed by atoms with Gasteiger partial charge < -0.3 is 10.2 Å². The van der Waals surface area contributed by atoms with Gasteiger partial charge in [-0.05, 0) is 38.5 Å². The lowest BCUT2D eigenvalue weighted by Gasteiger charge is -2.12. The van der Waals surface area contributed by atoms with E-state index < -0.39 is 5.97 Å². The molecule has 0 rings (SSSR count). The summed E-state index contributed by atoms with van der Waals surface area (Å²) < 4.78 is 0. The molecular weight excluding hydrogens is 480 g/mol. The topological polar surface area (TPSA) is 57.5 Å². The lowest BCUT2D eigenvalue weighted by atomic mass is 9.94. The maximum Gasteiger partial charge on any atom is 0.306 e. The maximum atomic E-state index is 11.7. The molecule has 0 saturated heterocycles. The molecule has 0 amide bonds. The SMILES string of the molecule is CCCCCCCCCCCCCCCCCCC(CCCCCC/C=C\C[C@H](O)CCCCCC)C(=O)O. The molecule has 0 aliphatic carbocycles. The minimum absolute atomic E-state index is 0.143. The third-order valence-corrected chi connectivity index (χ3v) is 8.39. The Labute approximate surface area is 245 Å². The molecule has 39 heavy (non-hydrogen) atoms. The molecule has 2 N–H and O–H groups in total. The van der Waals surface area contributed by atoms with Crippen LogP contribution in [0.3, 0.4) is 0 Å². The molecule has 0 fully saturated rings. The van der Waals surface area contributed by atoms with Gasteiger partial charge in [-0.3, -0.25) is 4.79 Å². The molecule has 3 nitrogen and oxygen atoms in total. The smallest absolute Gasteiger partial charge is 0.306 e. The van der Waals surface area contributed by atoms with Crippen LogP contribution < -0.4 is 0 Å². The number of allylic oxidation sites excluding steroid dienone is 1. The third-order valence-electron chi connectivity index (χ3n) is 8.39. The van der Waals surface area contributed by atoms with Gasteiger partial charge in [-0.15, -0.1) is 0 Å². The fraction of sp³-hybridized carbons (Fsp3) is 0.917. The van der Waals surface area contributed by atoms with E-state index in [1.807, 2.05) is 0 Å². The number of aliphatic hydroxyl groups is 1. The predicted octanol–water partition coefficient (Wildman–Crippen LogP) is 12.0. The number of hydrogen-bond donors (Lipinski definition) is 2. The predicted molar refractivity (Wildman–Crippen MR) is 172 cm³/mol. The van der Waals surface area contributed by atoms with Gasteiger partial charge in [-0.2, -0.15) is 0 Å². The Kier molecular flexibility index (Phi) is 31.0. The number of rotatable bonds is 32. The largest absolute Gasteiger partial charge is 0.481 e. The van der Waals surface area contributed by atoms with Crippen LogP contribution in [-0.2, 0) is 4.79 Å². The Morgan fingerprint density at radius 3 is 1.31 bits per heavy atom. The van der Waals surface area contributed by atoms with E-state index in [1.165, 1.54) is 128 Å². The summed E-state index contributed by atoms with van der Waals surface area (Å²) in [4.78, 5) is 11.7. The molecule has 0 saturated carbocycles. The van der Waals surface area contributed by atoms with Crippen LogP contribution in [0.4, 0.5) is 0 Å². The van der Waals surface area contributed by atoms with E-state index in [2.05, 4.69) is 26.0 Å². The van der Waals surface area contributed by atoms with Gasteiger partial charge in [0.25, 0.3) is 0 Å². The number of carboxylic acid groups (broad SMARTS) is 1. The fourth-order valence-corrected chi connectivity index (χ4v) is 5.63.